The fraction of sp³-hybridized carbons (Fsp3) is 0.537. The van der Waals surface area contributed by atoms with Crippen LogP contribution in [0.5, 0.6) is 0 Å². The fourth-order valence-corrected chi connectivity index (χ4v) is 9.82. The summed E-state index contributed by atoms with van der Waals surface area (Å²) >= 11 is 0. The number of aliphatic hydroxyl groups is 1. The van der Waals surface area contributed by atoms with Crippen molar-refractivity contribution in [3.63, 3.8) is 0 Å². The van der Waals surface area contributed by atoms with E-state index in [9.17, 15) is 9.90 Å². The second-order valence-corrected chi connectivity index (χ2v) is 15.7. The van der Waals surface area contributed by atoms with Crippen molar-refractivity contribution in [1.82, 2.24) is 20.4 Å². The number of amides is 2. The molecule has 3 N–H and O–H groups in total. The maximum Gasteiger partial charge on any atom is 0.315 e. The van der Waals surface area contributed by atoms with Crippen LogP contribution in [0.4, 0.5) is 4.79 Å². The van der Waals surface area contributed by atoms with Gasteiger partial charge in [0.1, 0.15) is 0 Å². The quantitative estimate of drug-likeness (QED) is 0.236. The third kappa shape index (κ3) is 7.89. The van der Waals surface area contributed by atoms with Crippen molar-refractivity contribution in [3.05, 3.63) is 107 Å². The molecular formula is C41H52N4O4. The number of carbonyl (C=O) groups is 1. The number of benzene rings is 3. The van der Waals surface area contributed by atoms with Crippen molar-refractivity contribution < 1.29 is 19.4 Å². The van der Waals surface area contributed by atoms with Gasteiger partial charge in [0.15, 0.2) is 6.29 Å². The molecule has 4 aliphatic carbocycles. The Kier molecular flexibility index (Phi) is 9.76. The number of hydrogen-bond donors (Lipinski definition) is 3. The molecule has 6 aliphatic rings. The molecule has 3 atom stereocenters. The summed E-state index contributed by atoms with van der Waals surface area (Å²) in [5.41, 5.74) is 5.42. The molecule has 4 saturated carbocycles. The number of carbonyl (C=O) groups excluding carboxylic acids is 1. The van der Waals surface area contributed by atoms with E-state index < -0.39 is 6.29 Å². The lowest BCUT2D eigenvalue weighted by Crippen LogP contribution is -2.61. The molecule has 0 unspecified atom stereocenters. The van der Waals surface area contributed by atoms with Crippen LogP contribution in [0.2, 0.25) is 0 Å². The van der Waals surface area contributed by atoms with Crippen LogP contribution in [-0.4, -0.2) is 65.3 Å². The van der Waals surface area contributed by atoms with E-state index in [1.54, 1.807) is 0 Å². The van der Waals surface area contributed by atoms with Crippen molar-refractivity contribution in [2.24, 2.45) is 17.8 Å². The van der Waals surface area contributed by atoms with Crippen LogP contribution < -0.4 is 10.6 Å². The number of piperazine rings is 1. The van der Waals surface area contributed by atoms with Crippen LogP contribution >= 0.6 is 0 Å². The molecule has 9 rings (SSSR count). The molecule has 2 amide bonds. The van der Waals surface area contributed by atoms with Gasteiger partial charge in [-0.05, 0) is 78.5 Å². The predicted octanol–water partition coefficient (Wildman–Crippen LogP) is 6.31. The largest absolute Gasteiger partial charge is 0.392 e. The van der Waals surface area contributed by atoms with Gasteiger partial charge in [0.25, 0.3) is 0 Å². The van der Waals surface area contributed by atoms with Crippen molar-refractivity contribution >= 4 is 6.03 Å². The van der Waals surface area contributed by atoms with Crippen LogP contribution in [0.25, 0.3) is 0 Å². The average molecular weight is 665 g/mol. The zero-order valence-electron chi connectivity index (χ0n) is 28.6. The minimum absolute atomic E-state index is 0.0135. The second kappa shape index (κ2) is 14.5. The zero-order chi connectivity index (χ0) is 33.2. The molecule has 3 aromatic carbocycles. The Balaban J connectivity index is 0.881. The first-order valence-corrected chi connectivity index (χ1v) is 18.6. The van der Waals surface area contributed by atoms with Gasteiger partial charge in [-0.2, -0.15) is 0 Å². The summed E-state index contributed by atoms with van der Waals surface area (Å²) in [7, 11) is 0. The lowest BCUT2D eigenvalue weighted by molar-refractivity contribution is -0.253. The average Bonchev–Trinajstić information content (AvgIpc) is 3.11. The highest BCUT2D eigenvalue weighted by molar-refractivity contribution is 5.75. The molecule has 49 heavy (non-hydrogen) atoms. The van der Waals surface area contributed by atoms with Gasteiger partial charge in [-0.15, -0.1) is 0 Å². The topological polar surface area (TPSA) is 86.3 Å². The zero-order valence-corrected chi connectivity index (χ0v) is 28.6. The third-order valence-corrected chi connectivity index (χ3v) is 11.9. The highest BCUT2D eigenvalue weighted by atomic mass is 16.7. The Hall–Kier alpha value is -3.27. The highest BCUT2D eigenvalue weighted by Crippen LogP contribution is 2.55. The maximum absolute atomic E-state index is 13.0. The van der Waals surface area contributed by atoms with Gasteiger partial charge in [-0.1, -0.05) is 78.9 Å². The van der Waals surface area contributed by atoms with Crippen molar-refractivity contribution in [2.75, 3.05) is 32.7 Å². The fourth-order valence-electron chi connectivity index (χ4n) is 9.82. The van der Waals surface area contributed by atoms with Crippen LogP contribution in [0.3, 0.4) is 0 Å². The molecule has 4 bridgehead atoms. The molecule has 2 saturated heterocycles. The van der Waals surface area contributed by atoms with Crippen LogP contribution in [0, 0.1) is 17.8 Å². The Morgan fingerprint density at radius 1 is 0.714 bits per heavy atom. The predicted molar refractivity (Wildman–Crippen MR) is 189 cm³/mol. The van der Waals surface area contributed by atoms with Gasteiger partial charge in [0.2, 0.25) is 0 Å². The summed E-state index contributed by atoms with van der Waals surface area (Å²) in [4.78, 5) is 18.1. The van der Waals surface area contributed by atoms with Gasteiger partial charge in [-0.3, -0.25) is 9.80 Å². The molecule has 260 valence electrons. The van der Waals surface area contributed by atoms with Crippen LogP contribution in [0.1, 0.15) is 85.2 Å². The molecule has 8 heteroatoms. The van der Waals surface area contributed by atoms with Crippen molar-refractivity contribution in [1.29, 1.82) is 0 Å². The Morgan fingerprint density at radius 2 is 1.33 bits per heavy atom. The number of rotatable bonds is 10. The van der Waals surface area contributed by atoms with E-state index in [4.69, 9.17) is 9.47 Å². The SMILES string of the molecule is O=C(NCc1ccc([C@@H]2O[C@H](CN3CCN(Cc4ccccc4)CC3)C[C@H](c3ccc(CO)cc3)O2)cc1)NC12CC3CC(CC(C3)C1)C2. The van der Waals surface area contributed by atoms with E-state index in [1.807, 2.05) is 12.1 Å². The van der Waals surface area contributed by atoms with E-state index in [1.165, 1.54) is 24.8 Å². The van der Waals surface area contributed by atoms with Crippen molar-refractivity contribution in [2.45, 2.75) is 88.7 Å². The van der Waals surface area contributed by atoms with Gasteiger partial charge < -0.3 is 25.2 Å². The standard InChI is InChI=1S/C41H52N4O4/c46-28-31-8-10-35(11-9-31)38-21-37(27-45-16-14-44(15-17-45)26-30-4-2-1-3-5-30)48-39(49-38)36-12-6-29(7-13-36)25-42-40(47)43-41-22-32-18-33(23-41)20-34(19-32)24-41/h1-13,32-34,37-39,46H,14-28H2,(H2,42,43,47)/t32?,33?,34?,37-,38+,39+,41?/m0/s1. The number of nitrogens with one attached hydrogen (secondary N) is 2. The molecule has 0 aromatic heterocycles. The van der Waals surface area contributed by atoms with E-state index in [-0.39, 0.29) is 30.4 Å². The van der Waals surface area contributed by atoms with Crippen LogP contribution in [-0.2, 0) is 29.2 Å². The summed E-state index contributed by atoms with van der Waals surface area (Å²) in [6.45, 7) is 6.51. The lowest BCUT2D eigenvalue weighted by Gasteiger charge is -2.56. The minimum atomic E-state index is -0.484. The summed E-state index contributed by atoms with van der Waals surface area (Å²) in [6, 6.07) is 27.1. The maximum atomic E-state index is 13.0. The molecule has 0 spiro atoms. The Labute approximate surface area is 291 Å². The number of ether oxygens (including phenoxy) is 2. The van der Waals surface area contributed by atoms with Gasteiger partial charge in [-0.25, -0.2) is 4.79 Å². The summed E-state index contributed by atoms with van der Waals surface area (Å²) < 4.78 is 13.3. The van der Waals surface area contributed by atoms with Crippen molar-refractivity contribution in [3.8, 4) is 0 Å². The minimum Gasteiger partial charge on any atom is -0.392 e. The van der Waals surface area contributed by atoms with Gasteiger partial charge in [0, 0.05) is 63.3 Å². The van der Waals surface area contributed by atoms with Gasteiger partial charge >= 0.3 is 6.03 Å². The Morgan fingerprint density at radius 3 is 1.98 bits per heavy atom. The second-order valence-electron chi connectivity index (χ2n) is 15.7. The summed E-state index contributed by atoms with van der Waals surface area (Å²) in [5, 5.41) is 16.1. The number of nitrogens with zero attached hydrogens (tertiary/aromatic N) is 2. The molecular weight excluding hydrogens is 612 g/mol. The smallest absolute Gasteiger partial charge is 0.315 e. The first-order valence-electron chi connectivity index (χ1n) is 18.6. The first-order chi connectivity index (χ1) is 24.0. The molecule has 3 aromatic rings. The third-order valence-electron chi connectivity index (χ3n) is 11.9. The summed E-state index contributed by atoms with van der Waals surface area (Å²) in [5.74, 6) is 2.41. The van der Waals surface area contributed by atoms with Gasteiger partial charge in [0.05, 0.1) is 18.8 Å². The molecule has 8 nitrogen and oxygen atoms in total. The highest BCUT2D eigenvalue weighted by Gasteiger charge is 2.51. The van der Waals surface area contributed by atoms with Crippen LogP contribution in [0.15, 0.2) is 78.9 Å². The molecule has 0 radical (unpaired) electrons. The van der Waals surface area contributed by atoms with E-state index in [0.717, 1.165) is 105 Å². The van der Waals surface area contributed by atoms with E-state index in [2.05, 4.69) is 87.2 Å². The number of hydrogen-bond acceptors (Lipinski definition) is 6. The van der Waals surface area contributed by atoms with E-state index in [0.29, 0.717) is 6.54 Å². The molecule has 2 aliphatic heterocycles. The Bertz CT molecular complexity index is 1500. The van der Waals surface area contributed by atoms with E-state index >= 15 is 0 Å². The summed E-state index contributed by atoms with van der Waals surface area (Å²) in [6.07, 6.45) is 7.78. The number of urea groups is 1. The first kappa shape index (κ1) is 32.9. The monoisotopic (exact) mass is 664 g/mol. The molecule has 6 fully saturated rings. The lowest BCUT2D eigenvalue weighted by atomic mass is 9.53. The number of aliphatic hydroxyl groups excluding tert-OH is 1. The normalized spacial score (nSPS) is 31.4. The molecule has 2 heterocycles.